The summed E-state index contributed by atoms with van der Waals surface area (Å²) in [4.78, 5) is 22.3. The Kier molecular flexibility index (Phi) is 10.6. The number of azide groups is 1. The molecule has 1 amide bonds. The monoisotopic (exact) mass is 689 g/mol. The normalized spacial score (nSPS) is 17.0. The van der Waals surface area contributed by atoms with Crippen LogP contribution in [-0.2, 0) is 29.0 Å². The summed E-state index contributed by atoms with van der Waals surface area (Å²) in [6.45, 7) is 0.213. The van der Waals surface area contributed by atoms with Crippen LogP contribution in [-0.4, -0.2) is 35.7 Å². The summed E-state index contributed by atoms with van der Waals surface area (Å²) < 4.78 is 41.2. The second kappa shape index (κ2) is 15.0. The number of aliphatic hydroxyl groups excluding tert-OH is 1. The third-order valence-corrected chi connectivity index (χ3v) is 8.07. The second-order valence-electron chi connectivity index (χ2n) is 10.6. The molecule has 236 valence electrons. The Morgan fingerprint density at radius 3 is 2.48 bits per heavy atom. The van der Waals surface area contributed by atoms with Crippen molar-refractivity contribution in [1.29, 1.82) is 0 Å². The number of aliphatic imine (C=N–C) groups is 1. The summed E-state index contributed by atoms with van der Waals surface area (Å²) in [6, 6.07) is 24.8. The molecule has 9 nitrogen and oxygen atoms in total. The number of halogens is 3. The Hall–Kier alpha value is -4.77. The summed E-state index contributed by atoms with van der Waals surface area (Å²) in [5, 5.41) is 15.6. The van der Waals surface area contributed by atoms with Crippen LogP contribution in [0.4, 0.5) is 8.78 Å². The molecule has 0 saturated heterocycles. The molecule has 4 aromatic carbocycles. The largest absolute Gasteiger partial charge is 0.494 e. The predicted molar refractivity (Wildman–Crippen MR) is 172 cm³/mol. The van der Waals surface area contributed by atoms with Gasteiger partial charge in [0.2, 0.25) is 5.90 Å². The van der Waals surface area contributed by atoms with Crippen LogP contribution in [0.2, 0.25) is 0 Å². The minimum absolute atomic E-state index is 0.0180. The maximum absolute atomic E-state index is 14.6. The molecule has 0 saturated carbocycles. The highest BCUT2D eigenvalue weighted by Crippen LogP contribution is 2.43. The Morgan fingerprint density at radius 2 is 1.78 bits per heavy atom. The van der Waals surface area contributed by atoms with Crippen molar-refractivity contribution in [2.75, 3.05) is 13.2 Å². The van der Waals surface area contributed by atoms with Crippen LogP contribution in [0.15, 0.2) is 106 Å². The fourth-order valence-corrected chi connectivity index (χ4v) is 5.46. The lowest BCUT2D eigenvalue weighted by Crippen LogP contribution is -2.50. The van der Waals surface area contributed by atoms with Crippen LogP contribution in [0, 0.1) is 11.6 Å². The fraction of sp³-hybridized carbons (Fsp3) is 0.235. The first-order valence-corrected chi connectivity index (χ1v) is 15.3. The first kappa shape index (κ1) is 32.6. The molecular weight excluding hydrogens is 660 g/mol. The Balaban J connectivity index is 1.59. The van der Waals surface area contributed by atoms with Crippen molar-refractivity contribution in [3.63, 3.8) is 0 Å². The van der Waals surface area contributed by atoms with Gasteiger partial charge in [-0.15, -0.1) is 0 Å². The molecule has 46 heavy (non-hydrogen) atoms. The number of ether oxygens (including phenoxy) is 2. The third kappa shape index (κ3) is 7.54. The molecule has 0 bridgehead atoms. The number of hydrogen-bond donors (Lipinski definition) is 2. The van der Waals surface area contributed by atoms with Gasteiger partial charge in [-0.25, -0.2) is 13.8 Å². The summed E-state index contributed by atoms with van der Waals surface area (Å²) in [5.41, 5.74) is 10.2. The fourth-order valence-electron chi connectivity index (χ4n) is 5.20. The molecule has 0 aliphatic carbocycles. The van der Waals surface area contributed by atoms with Crippen molar-refractivity contribution in [2.45, 2.75) is 37.6 Å². The van der Waals surface area contributed by atoms with Gasteiger partial charge in [0.1, 0.15) is 17.4 Å². The zero-order valence-corrected chi connectivity index (χ0v) is 26.2. The van der Waals surface area contributed by atoms with Gasteiger partial charge in [0.25, 0.3) is 5.91 Å². The lowest BCUT2D eigenvalue weighted by molar-refractivity contribution is -0.129. The molecule has 0 radical (unpaired) electrons. The zero-order valence-electron chi connectivity index (χ0n) is 24.6. The van der Waals surface area contributed by atoms with E-state index in [1.54, 1.807) is 24.3 Å². The smallest absolute Gasteiger partial charge is 0.252 e. The summed E-state index contributed by atoms with van der Waals surface area (Å²) in [6.07, 6.45) is -0.372. The molecule has 4 aromatic rings. The molecule has 0 aromatic heterocycles. The van der Waals surface area contributed by atoms with E-state index in [1.165, 1.54) is 6.07 Å². The number of carbonyl (C=O) groups excluding carboxylic acids is 1. The quantitative estimate of drug-likeness (QED) is 0.0671. The van der Waals surface area contributed by atoms with Gasteiger partial charge in [-0.05, 0) is 64.7 Å². The second-order valence-corrected chi connectivity index (χ2v) is 11.5. The van der Waals surface area contributed by atoms with Gasteiger partial charge in [-0.3, -0.25) is 4.79 Å². The number of hydrogen-bond acceptors (Lipinski definition) is 6. The van der Waals surface area contributed by atoms with Crippen molar-refractivity contribution in [3.8, 4) is 5.75 Å². The van der Waals surface area contributed by atoms with Gasteiger partial charge < -0.3 is 19.9 Å². The highest BCUT2D eigenvalue weighted by Gasteiger charge is 2.53. The van der Waals surface area contributed by atoms with E-state index < -0.39 is 29.2 Å². The topological polar surface area (TPSA) is 129 Å². The standard InChI is InChI=1S/C34H30BrF2N5O4/c35-27-11-6-22(7-12-27)31-34(19-24-4-1-2-5-25(24)21-40-42-38,33(44)39-20-26-8-13-28(36)18-30(26)37)41-32(46-31)23-9-14-29(15-10-23)45-17-3-16-43/h1-2,4-15,18,31,43H,3,16-17,19-21H2,(H,39,44)/t31-,34-/m1/s1. The van der Waals surface area contributed by atoms with Gasteiger partial charge in [0, 0.05) is 52.6 Å². The average Bonchev–Trinajstić information content (AvgIpc) is 3.45. The number of amides is 1. The number of nitrogens with one attached hydrogen (secondary N) is 1. The highest BCUT2D eigenvalue weighted by atomic mass is 79.9. The van der Waals surface area contributed by atoms with E-state index in [9.17, 15) is 13.6 Å². The van der Waals surface area contributed by atoms with E-state index in [0.29, 0.717) is 41.0 Å². The number of benzene rings is 4. The van der Waals surface area contributed by atoms with Gasteiger partial charge in [-0.2, -0.15) is 0 Å². The lowest BCUT2D eigenvalue weighted by Gasteiger charge is -2.31. The number of nitrogens with zero attached hydrogens (tertiary/aromatic N) is 4. The van der Waals surface area contributed by atoms with Gasteiger partial charge in [-0.1, -0.05) is 63.5 Å². The molecule has 2 N–H and O–H groups in total. The molecule has 2 atom stereocenters. The number of rotatable bonds is 13. The average molecular weight is 691 g/mol. The van der Waals surface area contributed by atoms with Crippen molar-refractivity contribution in [3.05, 3.63) is 145 Å². The molecule has 0 fully saturated rings. The Labute approximate surface area is 272 Å². The molecule has 12 heteroatoms. The van der Waals surface area contributed by atoms with Gasteiger partial charge in [0.05, 0.1) is 13.2 Å². The van der Waals surface area contributed by atoms with Crippen LogP contribution in [0.25, 0.3) is 10.4 Å². The first-order valence-electron chi connectivity index (χ1n) is 14.5. The maximum atomic E-state index is 14.6. The van der Waals surface area contributed by atoms with Crippen molar-refractivity contribution in [2.24, 2.45) is 10.1 Å². The summed E-state index contributed by atoms with van der Waals surface area (Å²) in [5.74, 6) is -1.24. The summed E-state index contributed by atoms with van der Waals surface area (Å²) >= 11 is 3.46. The molecule has 0 unspecified atom stereocenters. The minimum atomic E-state index is -1.59. The minimum Gasteiger partial charge on any atom is -0.494 e. The molecular formula is C34H30BrF2N5O4. The number of carbonyl (C=O) groups is 1. The zero-order chi connectivity index (χ0) is 32.5. The maximum Gasteiger partial charge on any atom is 0.252 e. The van der Waals surface area contributed by atoms with E-state index in [-0.39, 0.29) is 37.6 Å². The van der Waals surface area contributed by atoms with E-state index in [4.69, 9.17) is 25.1 Å². The Morgan fingerprint density at radius 1 is 1.04 bits per heavy atom. The van der Waals surface area contributed by atoms with Crippen LogP contribution in [0.1, 0.15) is 40.3 Å². The van der Waals surface area contributed by atoms with Gasteiger partial charge >= 0.3 is 0 Å². The first-order chi connectivity index (χ1) is 22.3. The highest BCUT2D eigenvalue weighted by molar-refractivity contribution is 9.10. The van der Waals surface area contributed by atoms with Crippen molar-refractivity contribution < 1.29 is 28.2 Å². The molecule has 1 heterocycles. The van der Waals surface area contributed by atoms with E-state index in [2.05, 4.69) is 31.3 Å². The predicted octanol–water partition coefficient (Wildman–Crippen LogP) is 7.11. The molecule has 1 aliphatic heterocycles. The van der Waals surface area contributed by atoms with E-state index in [0.717, 1.165) is 16.6 Å². The van der Waals surface area contributed by atoms with Crippen molar-refractivity contribution >= 4 is 27.7 Å². The lowest BCUT2D eigenvalue weighted by atomic mass is 9.81. The van der Waals surface area contributed by atoms with Crippen molar-refractivity contribution in [1.82, 2.24) is 5.32 Å². The van der Waals surface area contributed by atoms with Crippen LogP contribution >= 0.6 is 15.9 Å². The molecule has 1 aliphatic rings. The number of aliphatic hydroxyl groups is 1. The van der Waals surface area contributed by atoms with E-state index in [1.807, 2.05) is 48.5 Å². The summed E-state index contributed by atoms with van der Waals surface area (Å²) in [7, 11) is 0. The van der Waals surface area contributed by atoms with Crippen LogP contribution in [0.5, 0.6) is 5.75 Å². The molecule has 0 spiro atoms. The Bertz CT molecular complexity index is 1760. The SMILES string of the molecule is [N-]=[N+]=NCc1ccccc1C[C@@]1(C(=O)NCc2ccc(F)cc2F)N=C(c2ccc(OCCCO)cc2)O[C@@H]1c1ccc(Br)cc1. The third-order valence-electron chi connectivity index (χ3n) is 7.54. The van der Waals surface area contributed by atoms with Crippen LogP contribution < -0.4 is 10.1 Å². The van der Waals surface area contributed by atoms with Crippen LogP contribution in [0.3, 0.4) is 0 Å². The van der Waals surface area contributed by atoms with Gasteiger partial charge in [0.15, 0.2) is 11.6 Å². The molecule has 5 rings (SSSR count). The van der Waals surface area contributed by atoms with E-state index >= 15 is 0 Å².